The molecule has 0 saturated carbocycles. The number of benzene rings is 10. The third kappa shape index (κ3) is 6.01. The zero-order chi connectivity index (χ0) is 51.7. The molecule has 2 spiro atoms. The molecule has 0 radical (unpaired) electrons. The summed E-state index contributed by atoms with van der Waals surface area (Å²) in [6.45, 7) is 18.9. The van der Waals surface area contributed by atoms with Gasteiger partial charge in [0.2, 0.25) is 0 Å². The van der Waals surface area contributed by atoms with Crippen molar-refractivity contribution in [1.29, 1.82) is 0 Å². The summed E-state index contributed by atoms with van der Waals surface area (Å²) < 4.78 is 6.81. The highest BCUT2D eigenvalue weighted by Gasteiger charge is 2.53. The molecule has 0 saturated heterocycles. The highest BCUT2D eigenvalue weighted by atomic mass is 32.2. The van der Waals surface area contributed by atoms with Crippen LogP contribution in [0, 0.1) is 0 Å². The number of anilines is 3. The normalized spacial score (nSPS) is 15.7. The van der Waals surface area contributed by atoms with Gasteiger partial charge < -0.3 is 9.64 Å². The van der Waals surface area contributed by atoms with Crippen LogP contribution in [0.3, 0.4) is 0 Å². The van der Waals surface area contributed by atoms with Crippen molar-refractivity contribution < 1.29 is 4.74 Å². The van der Waals surface area contributed by atoms with E-state index in [0.717, 1.165) is 39.7 Å². The van der Waals surface area contributed by atoms with E-state index in [1.807, 2.05) is 11.8 Å². The number of hydrogen-bond acceptors (Lipinski definition) is 3. The predicted octanol–water partition coefficient (Wildman–Crippen LogP) is 19.4. The minimum atomic E-state index is -0.618. The third-order valence-electron chi connectivity index (χ3n) is 17.9. The van der Waals surface area contributed by atoms with Crippen LogP contribution in [-0.4, -0.2) is 0 Å². The fourth-order valence-electron chi connectivity index (χ4n) is 14.3. The van der Waals surface area contributed by atoms with Crippen molar-refractivity contribution in [3.05, 3.63) is 279 Å². The van der Waals surface area contributed by atoms with E-state index < -0.39 is 10.8 Å². The first-order valence-electron chi connectivity index (χ1n) is 27.1. The summed E-state index contributed by atoms with van der Waals surface area (Å²) in [6.07, 6.45) is 0. The molecule has 0 unspecified atom stereocenters. The molecule has 2 nitrogen and oxygen atoms in total. The standard InChI is InChI=1S/C73H59NOS/c1-69(2,3)44-29-37-67-63(39-44)73(64-40-45(70(4,5)6)30-38-68(64)76-67)57-24-14-11-21-51(57)54-36-33-48(43-62(54)73)74(46-31-34-52-49-19-9-12-22-55(49)71(7,8)60(52)41-46)47-32-35-53-50-20-10-13-23-56(50)72(61(53)42-47)58-25-15-17-27-65(58)75-66-28-18-16-26-59(66)72/h9-43H,1-8H3. The van der Waals surface area contributed by atoms with Crippen LogP contribution in [0.1, 0.15) is 122 Å². The predicted molar refractivity (Wildman–Crippen MR) is 315 cm³/mol. The molecule has 0 fully saturated rings. The molecule has 3 heteroatoms. The molecule has 5 aliphatic rings. The number of hydrogen-bond donors (Lipinski definition) is 0. The molecule has 76 heavy (non-hydrogen) atoms. The number of rotatable bonds is 3. The summed E-state index contributed by atoms with van der Waals surface area (Å²) in [5.41, 5.74) is 25.2. The molecular formula is C73H59NOS. The molecule has 10 aromatic rings. The summed E-state index contributed by atoms with van der Waals surface area (Å²) in [6, 6.07) is 81.4. The molecule has 0 bridgehead atoms. The van der Waals surface area contributed by atoms with Crippen LogP contribution in [0.15, 0.2) is 222 Å². The van der Waals surface area contributed by atoms with Crippen molar-refractivity contribution in [2.75, 3.05) is 4.90 Å². The molecule has 368 valence electrons. The average Bonchev–Trinajstić information content (AvgIpc) is 4.08. The van der Waals surface area contributed by atoms with Crippen molar-refractivity contribution >= 4 is 28.8 Å². The molecule has 0 amide bonds. The largest absolute Gasteiger partial charge is 0.457 e. The number of para-hydroxylation sites is 2. The Morgan fingerprint density at radius 1 is 0.329 bits per heavy atom. The van der Waals surface area contributed by atoms with Gasteiger partial charge >= 0.3 is 0 Å². The van der Waals surface area contributed by atoms with Gasteiger partial charge in [0.1, 0.15) is 11.5 Å². The van der Waals surface area contributed by atoms with Crippen molar-refractivity contribution in [2.24, 2.45) is 0 Å². The maximum atomic E-state index is 6.81. The highest BCUT2D eigenvalue weighted by Crippen LogP contribution is 2.66. The van der Waals surface area contributed by atoms with E-state index in [1.54, 1.807) is 0 Å². The van der Waals surface area contributed by atoms with E-state index in [-0.39, 0.29) is 16.2 Å². The molecular weight excluding hydrogens is 939 g/mol. The van der Waals surface area contributed by atoms with Gasteiger partial charge in [-0.25, -0.2) is 0 Å². The smallest absolute Gasteiger partial charge is 0.132 e. The summed E-state index contributed by atoms with van der Waals surface area (Å²) in [5, 5.41) is 0. The molecule has 15 rings (SSSR count). The van der Waals surface area contributed by atoms with E-state index in [2.05, 4.69) is 273 Å². The second-order valence-corrected chi connectivity index (χ2v) is 25.5. The first kappa shape index (κ1) is 45.5. The van der Waals surface area contributed by atoms with E-state index in [1.165, 1.54) is 98.8 Å². The monoisotopic (exact) mass is 997 g/mol. The Morgan fingerprint density at radius 3 is 1.14 bits per heavy atom. The Morgan fingerprint density at radius 2 is 0.684 bits per heavy atom. The molecule has 0 aromatic heterocycles. The minimum Gasteiger partial charge on any atom is -0.457 e. The van der Waals surface area contributed by atoms with E-state index >= 15 is 0 Å². The summed E-state index contributed by atoms with van der Waals surface area (Å²) in [5.74, 6) is 1.79. The Bertz CT molecular complexity index is 4030. The van der Waals surface area contributed by atoms with Gasteiger partial charge in [0.05, 0.1) is 10.8 Å². The summed E-state index contributed by atoms with van der Waals surface area (Å²) >= 11 is 1.93. The lowest BCUT2D eigenvalue weighted by Gasteiger charge is -2.41. The van der Waals surface area contributed by atoms with Gasteiger partial charge in [-0.3, -0.25) is 0 Å². The van der Waals surface area contributed by atoms with Crippen LogP contribution >= 0.6 is 11.8 Å². The molecule has 0 atom stereocenters. The zero-order valence-corrected chi connectivity index (χ0v) is 45.3. The van der Waals surface area contributed by atoms with Gasteiger partial charge in [-0.05, 0) is 161 Å². The zero-order valence-electron chi connectivity index (χ0n) is 44.5. The topological polar surface area (TPSA) is 12.5 Å². The Hall–Kier alpha value is -7.85. The number of fused-ring (bicyclic) bond motifs is 21. The highest BCUT2D eigenvalue weighted by molar-refractivity contribution is 7.99. The van der Waals surface area contributed by atoms with Gasteiger partial charge in [-0.2, -0.15) is 0 Å². The SMILES string of the molecule is CC(C)(C)c1ccc2c(c1)C1(c3cc(C(C)(C)C)ccc3S2)c2ccccc2-c2ccc(N(c3ccc4c(c3)C(C)(C)c3ccccc3-4)c3ccc4c(c3)C3(c5ccccc5Oc5ccccc53)c3ccccc3-4)cc21. The van der Waals surface area contributed by atoms with E-state index in [9.17, 15) is 0 Å². The van der Waals surface area contributed by atoms with Gasteiger partial charge in [0.25, 0.3) is 0 Å². The quantitative estimate of drug-likeness (QED) is 0.175. The van der Waals surface area contributed by atoms with Gasteiger partial charge in [0, 0.05) is 43.4 Å². The van der Waals surface area contributed by atoms with Crippen molar-refractivity contribution in [3.8, 4) is 44.9 Å². The van der Waals surface area contributed by atoms with E-state index in [4.69, 9.17) is 4.74 Å². The fourth-order valence-corrected chi connectivity index (χ4v) is 15.4. The lowest BCUT2D eigenvalue weighted by Crippen LogP contribution is -2.33. The molecule has 2 aliphatic heterocycles. The number of ether oxygens (including phenoxy) is 1. The van der Waals surface area contributed by atoms with Crippen LogP contribution in [0.2, 0.25) is 0 Å². The maximum Gasteiger partial charge on any atom is 0.132 e. The van der Waals surface area contributed by atoms with Crippen LogP contribution in [-0.2, 0) is 27.1 Å². The lowest BCUT2D eigenvalue weighted by molar-refractivity contribution is 0.436. The number of nitrogens with zero attached hydrogens (tertiary/aromatic N) is 1. The van der Waals surface area contributed by atoms with Crippen molar-refractivity contribution in [3.63, 3.8) is 0 Å². The molecule has 10 aromatic carbocycles. The second kappa shape index (κ2) is 15.6. The Labute approximate surface area is 452 Å². The van der Waals surface area contributed by atoms with Crippen LogP contribution in [0.5, 0.6) is 11.5 Å². The average molecular weight is 998 g/mol. The van der Waals surface area contributed by atoms with Crippen LogP contribution in [0.25, 0.3) is 33.4 Å². The molecule has 2 heterocycles. The summed E-state index contributed by atoms with van der Waals surface area (Å²) in [4.78, 5) is 5.20. The third-order valence-corrected chi connectivity index (χ3v) is 19.1. The first-order valence-corrected chi connectivity index (χ1v) is 27.9. The van der Waals surface area contributed by atoms with Crippen LogP contribution in [0.4, 0.5) is 17.1 Å². The van der Waals surface area contributed by atoms with Gasteiger partial charge in [0.15, 0.2) is 0 Å². The van der Waals surface area contributed by atoms with Crippen LogP contribution < -0.4 is 9.64 Å². The van der Waals surface area contributed by atoms with Gasteiger partial charge in [-0.15, -0.1) is 0 Å². The Balaban J connectivity index is 1.03. The van der Waals surface area contributed by atoms with Gasteiger partial charge in [-0.1, -0.05) is 219 Å². The minimum absolute atomic E-state index is 0.0505. The first-order chi connectivity index (χ1) is 36.7. The molecule has 0 N–H and O–H groups in total. The maximum absolute atomic E-state index is 6.81. The summed E-state index contributed by atoms with van der Waals surface area (Å²) in [7, 11) is 0. The fraction of sp³-hybridized carbons (Fsp3) is 0.178. The lowest BCUT2D eigenvalue weighted by atomic mass is 9.65. The van der Waals surface area contributed by atoms with E-state index in [0.29, 0.717) is 0 Å². The van der Waals surface area contributed by atoms with Crippen molar-refractivity contribution in [2.45, 2.75) is 92.3 Å². The Kier molecular flexibility index (Phi) is 9.36. The molecule has 3 aliphatic carbocycles. The second-order valence-electron chi connectivity index (χ2n) is 24.4. The van der Waals surface area contributed by atoms with Crippen molar-refractivity contribution in [1.82, 2.24) is 0 Å².